The number of rotatable bonds is 7. The number of anilines is 1. The second-order valence-electron chi connectivity index (χ2n) is 6.77. The van der Waals surface area contributed by atoms with Crippen LogP contribution in [0.1, 0.15) is 19.4 Å². The molecule has 1 aromatic carbocycles. The van der Waals surface area contributed by atoms with Crippen LogP contribution < -0.4 is 9.46 Å². The monoisotopic (exact) mass is 420 g/mol. The first kappa shape index (κ1) is 20.2. The Morgan fingerprint density at radius 2 is 2.04 bits per heavy atom. The molecule has 0 aliphatic rings. The average Bonchev–Trinajstić information content (AvgIpc) is 3.12. The second kappa shape index (κ2) is 8.20. The maximum atomic E-state index is 12.7. The minimum absolute atomic E-state index is 0.0204. The van der Waals surface area contributed by atoms with E-state index in [1.54, 1.807) is 18.3 Å². The molecule has 2 heterocycles. The Hall–Kier alpha value is -2.58. The molecule has 3 aromatic rings. The van der Waals surface area contributed by atoms with Gasteiger partial charge in [-0.25, -0.2) is 18.1 Å². The summed E-state index contributed by atoms with van der Waals surface area (Å²) >= 11 is 6.20. The standard InChI is InChI=1S/C19H21ClN4O3S/c1-13(2)12-27-18-5-4-15(9-17(18)20)23-28(25,26)16-10-22-24(11-16)19-8-14(3)6-7-21-19/h4-11,13,23H,12H2,1-3H3. The number of halogens is 1. The third kappa shape index (κ3) is 4.82. The Bertz CT molecular complexity index is 1080. The van der Waals surface area contributed by atoms with Gasteiger partial charge in [0.05, 0.1) is 29.7 Å². The largest absolute Gasteiger partial charge is 0.492 e. The molecule has 0 spiro atoms. The first-order valence-corrected chi connectivity index (χ1v) is 10.5. The van der Waals surface area contributed by atoms with Crippen LogP contribution in [0.3, 0.4) is 0 Å². The fourth-order valence-corrected chi connectivity index (χ4v) is 3.58. The van der Waals surface area contributed by atoms with Gasteiger partial charge in [-0.1, -0.05) is 25.4 Å². The van der Waals surface area contributed by atoms with Crippen LogP contribution >= 0.6 is 11.6 Å². The van der Waals surface area contributed by atoms with Crippen LogP contribution in [0.25, 0.3) is 5.82 Å². The first-order valence-electron chi connectivity index (χ1n) is 8.67. The van der Waals surface area contributed by atoms with Crippen LogP contribution in [0.4, 0.5) is 5.69 Å². The van der Waals surface area contributed by atoms with Gasteiger partial charge in [-0.2, -0.15) is 5.10 Å². The van der Waals surface area contributed by atoms with E-state index in [-0.39, 0.29) is 4.90 Å². The van der Waals surface area contributed by atoms with Crippen LogP contribution in [0.5, 0.6) is 5.75 Å². The number of aromatic nitrogens is 3. The molecule has 1 N–H and O–H groups in total. The number of nitrogens with one attached hydrogen (secondary N) is 1. The smallest absolute Gasteiger partial charge is 0.265 e. The Morgan fingerprint density at radius 1 is 1.25 bits per heavy atom. The molecule has 0 radical (unpaired) electrons. The highest BCUT2D eigenvalue weighted by Crippen LogP contribution is 2.29. The summed E-state index contributed by atoms with van der Waals surface area (Å²) in [6.07, 6.45) is 4.32. The lowest BCUT2D eigenvalue weighted by atomic mass is 10.2. The summed E-state index contributed by atoms with van der Waals surface area (Å²) in [6, 6.07) is 8.42. The topological polar surface area (TPSA) is 86.1 Å². The molecule has 0 aliphatic heterocycles. The van der Waals surface area contributed by atoms with Gasteiger partial charge in [0.2, 0.25) is 0 Å². The van der Waals surface area contributed by atoms with E-state index in [0.29, 0.717) is 34.8 Å². The van der Waals surface area contributed by atoms with Crippen molar-refractivity contribution in [2.75, 3.05) is 11.3 Å². The zero-order chi connectivity index (χ0) is 20.3. The molecule has 0 aliphatic carbocycles. The minimum atomic E-state index is -3.83. The lowest BCUT2D eigenvalue weighted by molar-refractivity contribution is 0.271. The van der Waals surface area contributed by atoms with Gasteiger partial charge >= 0.3 is 0 Å². The molecule has 0 bridgehead atoms. The van der Waals surface area contributed by atoms with Gasteiger partial charge in [-0.3, -0.25) is 4.72 Å². The van der Waals surface area contributed by atoms with Crippen molar-refractivity contribution in [1.29, 1.82) is 0 Å². The van der Waals surface area contributed by atoms with Crippen molar-refractivity contribution in [3.8, 4) is 11.6 Å². The zero-order valence-corrected chi connectivity index (χ0v) is 17.3. The van der Waals surface area contributed by atoms with E-state index in [1.165, 1.54) is 23.1 Å². The SMILES string of the molecule is Cc1ccnc(-n2cc(S(=O)(=O)Nc3ccc(OCC(C)C)c(Cl)c3)cn2)c1. The highest BCUT2D eigenvalue weighted by atomic mass is 35.5. The van der Waals surface area contributed by atoms with Crippen LogP contribution in [0.2, 0.25) is 5.02 Å². The van der Waals surface area contributed by atoms with Gasteiger partial charge in [-0.15, -0.1) is 0 Å². The number of nitrogens with zero attached hydrogens (tertiary/aromatic N) is 3. The number of sulfonamides is 1. The van der Waals surface area contributed by atoms with Crippen LogP contribution in [-0.2, 0) is 10.0 Å². The third-order valence-electron chi connectivity index (χ3n) is 3.76. The van der Waals surface area contributed by atoms with E-state index in [1.807, 2.05) is 32.9 Å². The summed E-state index contributed by atoms with van der Waals surface area (Å²) in [7, 11) is -3.83. The maximum Gasteiger partial charge on any atom is 0.265 e. The van der Waals surface area contributed by atoms with Gasteiger partial charge in [0.15, 0.2) is 5.82 Å². The Labute approximate surface area is 169 Å². The molecule has 0 saturated heterocycles. The van der Waals surface area contributed by atoms with Gasteiger partial charge in [0, 0.05) is 6.20 Å². The van der Waals surface area contributed by atoms with Gasteiger partial charge in [0.25, 0.3) is 10.0 Å². The Balaban J connectivity index is 1.78. The molecule has 3 rings (SSSR count). The summed E-state index contributed by atoms with van der Waals surface area (Å²) in [4.78, 5) is 4.21. The molecule has 0 fully saturated rings. The van der Waals surface area contributed by atoms with Crippen molar-refractivity contribution in [3.05, 3.63) is 59.5 Å². The summed E-state index contributed by atoms with van der Waals surface area (Å²) in [6.45, 7) is 6.51. The molecule has 0 unspecified atom stereocenters. The van der Waals surface area contributed by atoms with E-state index < -0.39 is 10.0 Å². The number of hydrogen-bond acceptors (Lipinski definition) is 5. The number of aryl methyl sites for hydroxylation is 1. The van der Waals surface area contributed by atoms with Gasteiger partial charge < -0.3 is 4.74 Å². The number of ether oxygens (including phenoxy) is 1. The lowest BCUT2D eigenvalue weighted by Gasteiger charge is -2.12. The fourth-order valence-electron chi connectivity index (χ4n) is 2.37. The molecule has 0 atom stereocenters. The van der Waals surface area contributed by atoms with Crippen molar-refractivity contribution in [2.45, 2.75) is 25.7 Å². The molecule has 0 amide bonds. The number of pyridine rings is 1. The highest BCUT2D eigenvalue weighted by Gasteiger charge is 2.18. The van der Waals surface area contributed by atoms with Crippen molar-refractivity contribution in [1.82, 2.24) is 14.8 Å². The molecule has 148 valence electrons. The second-order valence-corrected chi connectivity index (χ2v) is 8.86. The summed E-state index contributed by atoms with van der Waals surface area (Å²) in [5.41, 5.74) is 1.33. The maximum absolute atomic E-state index is 12.7. The minimum Gasteiger partial charge on any atom is -0.492 e. The lowest BCUT2D eigenvalue weighted by Crippen LogP contribution is -2.12. The van der Waals surface area contributed by atoms with E-state index in [9.17, 15) is 8.42 Å². The normalized spacial score (nSPS) is 11.6. The van der Waals surface area contributed by atoms with Crippen molar-refractivity contribution in [3.63, 3.8) is 0 Å². The van der Waals surface area contributed by atoms with Crippen LogP contribution in [-0.4, -0.2) is 29.8 Å². The third-order valence-corrected chi connectivity index (χ3v) is 5.39. The summed E-state index contributed by atoms with van der Waals surface area (Å²) < 4.78 is 34.8. The van der Waals surface area contributed by atoms with E-state index >= 15 is 0 Å². The molecule has 7 nitrogen and oxygen atoms in total. The molecular weight excluding hydrogens is 400 g/mol. The quantitative estimate of drug-likeness (QED) is 0.622. The summed E-state index contributed by atoms with van der Waals surface area (Å²) in [5.74, 6) is 1.40. The van der Waals surface area contributed by atoms with E-state index in [0.717, 1.165) is 5.56 Å². The average molecular weight is 421 g/mol. The Kier molecular flexibility index (Phi) is 5.90. The molecule has 2 aromatic heterocycles. The van der Waals surface area contributed by atoms with Gasteiger partial charge in [0.1, 0.15) is 10.6 Å². The van der Waals surface area contributed by atoms with Gasteiger partial charge in [-0.05, 0) is 48.7 Å². The van der Waals surface area contributed by atoms with E-state index in [2.05, 4.69) is 14.8 Å². The van der Waals surface area contributed by atoms with Crippen LogP contribution in [0.15, 0.2) is 53.8 Å². The highest BCUT2D eigenvalue weighted by molar-refractivity contribution is 7.92. The first-order chi connectivity index (χ1) is 13.2. The fraction of sp³-hybridized carbons (Fsp3) is 0.263. The Morgan fingerprint density at radius 3 is 2.71 bits per heavy atom. The summed E-state index contributed by atoms with van der Waals surface area (Å²) in [5, 5.41) is 4.43. The van der Waals surface area contributed by atoms with Crippen molar-refractivity contribution in [2.24, 2.45) is 5.92 Å². The van der Waals surface area contributed by atoms with E-state index in [4.69, 9.17) is 16.3 Å². The number of benzene rings is 1. The van der Waals surface area contributed by atoms with Crippen molar-refractivity contribution < 1.29 is 13.2 Å². The van der Waals surface area contributed by atoms with Crippen LogP contribution in [0, 0.1) is 12.8 Å². The predicted octanol–water partition coefficient (Wildman–Crippen LogP) is 4.06. The predicted molar refractivity (Wildman–Crippen MR) is 109 cm³/mol. The van der Waals surface area contributed by atoms with Crippen molar-refractivity contribution >= 4 is 27.3 Å². The molecule has 9 heteroatoms. The molecule has 28 heavy (non-hydrogen) atoms. The zero-order valence-electron chi connectivity index (χ0n) is 15.8. The molecule has 0 saturated carbocycles. The number of hydrogen-bond donors (Lipinski definition) is 1. The molecular formula is C19H21ClN4O3S.